The molecule has 4 heteroatoms. The van der Waals surface area contributed by atoms with E-state index in [1.165, 1.54) is 11.1 Å². The van der Waals surface area contributed by atoms with Crippen LogP contribution in [0.4, 0.5) is 0 Å². The second-order valence-corrected chi connectivity index (χ2v) is 4.47. The third-order valence-corrected chi connectivity index (χ3v) is 2.81. The molecule has 0 saturated heterocycles. The summed E-state index contributed by atoms with van der Waals surface area (Å²) in [5.41, 5.74) is 8.02. The Morgan fingerprint density at radius 3 is 2.61 bits per heavy atom. The van der Waals surface area contributed by atoms with E-state index in [9.17, 15) is 0 Å². The summed E-state index contributed by atoms with van der Waals surface area (Å²) in [4.78, 5) is 0. The van der Waals surface area contributed by atoms with Gasteiger partial charge in [-0.05, 0) is 31.9 Å². The Labute approximate surface area is 107 Å². The molecule has 0 aliphatic carbocycles. The lowest BCUT2D eigenvalue weighted by Crippen LogP contribution is -2.00. The Hall–Kier alpha value is -1.68. The second-order valence-electron chi connectivity index (χ2n) is 4.47. The van der Waals surface area contributed by atoms with Gasteiger partial charge in [-0.1, -0.05) is 29.8 Å². The average molecular weight is 245 g/mol. The molecule has 1 heterocycles. The van der Waals surface area contributed by atoms with E-state index in [1.807, 2.05) is 0 Å². The first-order valence-corrected chi connectivity index (χ1v) is 6.35. The van der Waals surface area contributed by atoms with Gasteiger partial charge in [0, 0.05) is 12.8 Å². The standard InChI is InChI=1S/C14H19N3O/c1-11-4-2-5-12(10-11)7-8-14-17-16-13(18-14)6-3-9-15/h2,4-5,10H,3,6-9,15H2,1H3. The van der Waals surface area contributed by atoms with Crippen LogP contribution in [0, 0.1) is 6.92 Å². The molecule has 0 atom stereocenters. The lowest BCUT2D eigenvalue weighted by atomic mass is 10.1. The monoisotopic (exact) mass is 245 g/mol. The van der Waals surface area contributed by atoms with Crippen LogP contribution in [0.3, 0.4) is 0 Å². The minimum absolute atomic E-state index is 0.654. The maximum absolute atomic E-state index is 5.56. The van der Waals surface area contributed by atoms with Crippen molar-refractivity contribution in [2.24, 2.45) is 5.73 Å². The van der Waals surface area contributed by atoms with Crippen LogP contribution in [0.2, 0.25) is 0 Å². The molecule has 0 aliphatic heterocycles. The van der Waals surface area contributed by atoms with E-state index >= 15 is 0 Å². The Morgan fingerprint density at radius 2 is 1.89 bits per heavy atom. The highest BCUT2D eigenvalue weighted by Crippen LogP contribution is 2.09. The number of aryl methyl sites for hydroxylation is 4. The molecule has 0 spiro atoms. The lowest BCUT2D eigenvalue weighted by Gasteiger charge is -1.99. The van der Waals surface area contributed by atoms with Gasteiger partial charge in [0.1, 0.15) is 0 Å². The zero-order chi connectivity index (χ0) is 12.8. The highest BCUT2D eigenvalue weighted by atomic mass is 16.4. The molecule has 0 fully saturated rings. The highest BCUT2D eigenvalue weighted by molar-refractivity contribution is 5.22. The van der Waals surface area contributed by atoms with Crippen molar-refractivity contribution in [3.63, 3.8) is 0 Å². The molecular formula is C14H19N3O. The SMILES string of the molecule is Cc1cccc(CCc2nnc(CCCN)o2)c1. The number of aromatic nitrogens is 2. The van der Waals surface area contributed by atoms with Gasteiger partial charge in [0.15, 0.2) is 0 Å². The fourth-order valence-electron chi connectivity index (χ4n) is 1.86. The summed E-state index contributed by atoms with van der Waals surface area (Å²) in [6.07, 6.45) is 3.38. The van der Waals surface area contributed by atoms with Crippen LogP contribution in [0.1, 0.15) is 29.3 Å². The summed E-state index contributed by atoms with van der Waals surface area (Å²) in [7, 11) is 0. The molecule has 1 aromatic heterocycles. The summed E-state index contributed by atoms with van der Waals surface area (Å²) < 4.78 is 5.56. The topological polar surface area (TPSA) is 64.9 Å². The lowest BCUT2D eigenvalue weighted by molar-refractivity contribution is 0.444. The van der Waals surface area contributed by atoms with Gasteiger partial charge < -0.3 is 10.2 Å². The normalized spacial score (nSPS) is 10.8. The first-order chi connectivity index (χ1) is 8.78. The number of hydrogen-bond acceptors (Lipinski definition) is 4. The van der Waals surface area contributed by atoms with Gasteiger partial charge in [0.2, 0.25) is 11.8 Å². The van der Waals surface area contributed by atoms with Crippen molar-refractivity contribution in [3.8, 4) is 0 Å². The fourth-order valence-corrected chi connectivity index (χ4v) is 1.86. The van der Waals surface area contributed by atoms with Gasteiger partial charge in [0.25, 0.3) is 0 Å². The van der Waals surface area contributed by atoms with Crippen molar-refractivity contribution in [1.82, 2.24) is 10.2 Å². The maximum atomic E-state index is 5.56. The van der Waals surface area contributed by atoms with Crippen molar-refractivity contribution < 1.29 is 4.42 Å². The average Bonchev–Trinajstić information content (AvgIpc) is 2.82. The number of rotatable bonds is 6. The number of nitrogens with zero attached hydrogens (tertiary/aromatic N) is 2. The molecule has 0 unspecified atom stereocenters. The largest absolute Gasteiger partial charge is 0.425 e. The zero-order valence-corrected chi connectivity index (χ0v) is 10.7. The maximum Gasteiger partial charge on any atom is 0.216 e. The molecule has 0 amide bonds. The fraction of sp³-hybridized carbons (Fsp3) is 0.429. The molecule has 96 valence electrons. The van der Waals surface area contributed by atoms with Gasteiger partial charge in [0.05, 0.1) is 0 Å². The Kier molecular flexibility index (Phi) is 4.47. The summed E-state index contributed by atoms with van der Waals surface area (Å²) in [5, 5.41) is 8.06. The van der Waals surface area contributed by atoms with Crippen LogP contribution >= 0.6 is 0 Å². The van der Waals surface area contributed by atoms with Crippen molar-refractivity contribution in [2.75, 3.05) is 6.54 Å². The smallest absolute Gasteiger partial charge is 0.216 e. The van der Waals surface area contributed by atoms with Crippen molar-refractivity contribution >= 4 is 0 Å². The molecule has 1 aromatic carbocycles. The van der Waals surface area contributed by atoms with E-state index in [4.69, 9.17) is 10.2 Å². The van der Waals surface area contributed by atoms with Crippen molar-refractivity contribution in [2.45, 2.75) is 32.6 Å². The minimum atomic E-state index is 0.654. The van der Waals surface area contributed by atoms with E-state index in [-0.39, 0.29) is 0 Å². The van der Waals surface area contributed by atoms with Gasteiger partial charge >= 0.3 is 0 Å². The molecule has 0 radical (unpaired) electrons. The Bertz CT molecular complexity index is 493. The minimum Gasteiger partial charge on any atom is -0.425 e. The first kappa shape index (κ1) is 12.8. The van der Waals surface area contributed by atoms with Crippen LogP contribution < -0.4 is 5.73 Å². The molecule has 2 aromatic rings. The zero-order valence-electron chi connectivity index (χ0n) is 10.7. The van der Waals surface area contributed by atoms with Gasteiger partial charge in [-0.15, -0.1) is 10.2 Å². The van der Waals surface area contributed by atoms with Crippen LogP contribution in [-0.2, 0) is 19.3 Å². The number of hydrogen-bond donors (Lipinski definition) is 1. The van der Waals surface area contributed by atoms with Crippen LogP contribution in [0.25, 0.3) is 0 Å². The summed E-state index contributed by atoms with van der Waals surface area (Å²) >= 11 is 0. The van der Waals surface area contributed by atoms with E-state index in [0.29, 0.717) is 18.3 Å². The summed E-state index contributed by atoms with van der Waals surface area (Å²) in [5.74, 6) is 1.41. The van der Waals surface area contributed by atoms with Crippen LogP contribution in [0.15, 0.2) is 28.7 Å². The molecule has 4 nitrogen and oxygen atoms in total. The molecule has 0 bridgehead atoms. The molecule has 0 aliphatic rings. The summed E-state index contributed by atoms with van der Waals surface area (Å²) in [6.45, 7) is 2.75. The van der Waals surface area contributed by atoms with Gasteiger partial charge in [-0.3, -0.25) is 0 Å². The first-order valence-electron chi connectivity index (χ1n) is 6.35. The predicted octanol–water partition coefficient (Wildman–Crippen LogP) is 2.05. The third kappa shape index (κ3) is 3.67. The quantitative estimate of drug-likeness (QED) is 0.846. The molecule has 0 saturated carbocycles. The van der Waals surface area contributed by atoms with Crippen LogP contribution in [0.5, 0.6) is 0 Å². The van der Waals surface area contributed by atoms with Gasteiger partial charge in [-0.2, -0.15) is 0 Å². The van der Waals surface area contributed by atoms with Crippen LogP contribution in [-0.4, -0.2) is 16.7 Å². The highest BCUT2D eigenvalue weighted by Gasteiger charge is 2.05. The van der Waals surface area contributed by atoms with E-state index in [2.05, 4.69) is 41.4 Å². The summed E-state index contributed by atoms with van der Waals surface area (Å²) in [6, 6.07) is 8.48. The van der Waals surface area contributed by atoms with Crippen molar-refractivity contribution in [3.05, 3.63) is 47.2 Å². The molecule has 2 rings (SSSR count). The second kappa shape index (κ2) is 6.31. The Balaban J connectivity index is 1.88. The predicted molar refractivity (Wildman–Crippen MR) is 70.3 cm³/mol. The molecule has 2 N–H and O–H groups in total. The Morgan fingerprint density at radius 1 is 1.11 bits per heavy atom. The molecular weight excluding hydrogens is 226 g/mol. The number of benzene rings is 1. The van der Waals surface area contributed by atoms with E-state index in [0.717, 1.165) is 25.7 Å². The van der Waals surface area contributed by atoms with E-state index < -0.39 is 0 Å². The van der Waals surface area contributed by atoms with E-state index in [1.54, 1.807) is 0 Å². The molecule has 18 heavy (non-hydrogen) atoms. The van der Waals surface area contributed by atoms with Crippen molar-refractivity contribution in [1.29, 1.82) is 0 Å². The van der Waals surface area contributed by atoms with Gasteiger partial charge in [-0.25, -0.2) is 0 Å². The third-order valence-electron chi connectivity index (χ3n) is 2.81. The number of nitrogens with two attached hydrogens (primary N) is 1.